The number of nitrogens with one attached hydrogen (secondary N) is 2. The second-order valence-corrected chi connectivity index (χ2v) is 7.21. The molecule has 0 saturated heterocycles. The van der Waals surface area contributed by atoms with Gasteiger partial charge in [0.2, 0.25) is 5.88 Å². The maximum absolute atomic E-state index is 12.3. The topological polar surface area (TPSA) is 94.0 Å². The molecule has 2 N–H and O–H groups in total. The molecule has 0 unspecified atom stereocenters. The predicted molar refractivity (Wildman–Crippen MR) is 119 cm³/mol. The van der Waals surface area contributed by atoms with Crippen LogP contribution in [0.5, 0.6) is 11.6 Å². The second kappa shape index (κ2) is 8.66. The third-order valence-corrected chi connectivity index (χ3v) is 4.40. The maximum Gasteiger partial charge on any atom is 0.323 e. The highest BCUT2D eigenvalue weighted by atomic mass is 16.5. The Morgan fingerprint density at radius 1 is 0.839 bits per heavy atom. The first-order chi connectivity index (χ1) is 14.9. The molecule has 156 valence electrons. The van der Waals surface area contributed by atoms with Gasteiger partial charge < -0.3 is 15.4 Å². The second-order valence-electron chi connectivity index (χ2n) is 7.21. The first kappa shape index (κ1) is 20.1. The lowest BCUT2D eigenvalue weighted by Gasteiger charge is -2.10. The van der Waals surface area contributed by atoms with Crippen molar-refractivity contribution in [2.75, 3.05) is 10.6 Å². The largest absolute Gasteiger partial charge is 0.438 e. The SMILES string of the molecule is Cc1cc(C)cc(NC(=O)Nc2ccc(Oc3ccc(-n4ccc(C)n4)nn3)cc2)c1. The molecule has 0 atom stereocenters. The molecule has 2 aromatic carbocycles. The van der Waals surface area contributed by atoms with Crippen LogP contribution in [-0.4, -0.2) is 26.0 Å². The zero-order chi connectivity index (χ0) is 21.8. The Morgan fingerprint density at radius 3 is 2.16 bits per heavy atom. The smallest absolute Gasteiger partial charge is 0.323 e. The van der Waals surface area contributed by atoms with Gasteiger partial charge in [-0.15, -0.1) is 10.2 Å². The van der Waals surface area contributed by atoms with E-state index in [0.29, 0.717) is 23.1 Å². The van der Waals surface area contributed by atoms with Crippen LogP contribution in [0.15, 0.2) is 66.9 Å². The van der Waals surface area contributed by atoms with Gasteiger partial charge in [0.25, 0.3) is 0 Å². The Balaban J connectivity index is 1.35. The quantitative estimate of drug-likeness (QED) is 0.478. The van der Waals surface area contributed by atoms with Crippen LogP contribution in [0.3, 0.4) is 0 Å². The molecule has 8 heteroatoms. The fraction of sp³-hybridized carbons (Fsp3) is 0.130. The Labute approximate surface area is 179 Å². The zero-order valence-electron chi connectivity index (χ0n) is 17.5. The number of aromatic nitrogens is 4. The Bertz CT molecular complexity index is 1180. The number of aryl methyl sites for hydroxylation is 3. The minimum absolute atomic E-state index is 0.311. The summed E-state index contributed by atoms with van der Waals surface area (Å²) in [7, 11) is 0. The number of rotatable bonds is 5. The van der Waals surface area contributed by atoms with Crippen LogP contribution >= 0.6 is 0 Å². The number of hydrogen-bond donors (Lipinski definition) is 2. The third-order valence-electron chi connectivity index (χ3n) is 4.40. The molecule has 4 aromatic rings. The van der Waals surface area contributed by atoms with Gasteiger partial charge in [0.1, 0.15) is 5.75 Å². The summed E-state index contributed by atoms with van der Waals surface area (Å²) in [4.78, 5) is 12.3. The molecule has 2 aromatic heterocycles. The lowest BCUT2D eigenvalue weighted by Crippen LogP contribution is -2.19. The monoisotopic (exact) mass is 414 g/mol. The van der Waals surface area contributed by atoms with Crippen molar-refractivity contribution >= 4 is 17.4 Å². The number of hydrogen-bond acceptors (Lipinski definition) is 5. The fourth-order valence-corrected chi connectivity index (χ4v) is 3.10. The zero-order valence-corrected chi connectivity index (χ0v) is 17.5. The van der Waals surface area contributed by atoms with Crippen molar-refractivity contribution in [2.45, 2.75) is 20.8 Å². The molecular weight excluding hydrogens is 392 g/mol. The molecule has 8 nitrogen and oxygen atoms in total. The number of nitrogens with zero attached hydrogens (tertiary/aromatic N) is 4. The third kappa shape index (κ3) is 5.24. The number of ether oxygens (including phenoxy) is 1. The van der Waals surface area contributed by atoms with E-state index >= 15 is 0 Å². The van der Waals surface area contributed by atoms with Gasteiger partial charge >= 0.3 is 6.03 Å². The number of anilines is 2. The van der Waals surface area contributed by atoms with E-state index in [2.05, 4.69) is 32.0 Å². The Hall–Kier alpha value is -4.20. The highest BCUT2D eigenvalue weighted by molar-refractivity contribution is 5.99. The summed E-state index contributed by atoms with van der Waals surface area (Å²) in [6.07, 6.45) is 1.82. The van der Waals surface area contributed by atoms with Gasteiger partial charge in [-0.1, -0.05) is 6.07 Å². The van der Waals surface area contributed by atoms with E-state index in [-0.39, 0.29) is 6.03 Å². The van der Waals surface area contributed by atoms with Crippen molar-refractivity contribution in [3.63, 3.8) is 0 Å². The standard InChI is InChI=1S/C23H22N6O2/c1-15-12-16(2)14-19(13-15)25-23(30)24-18-4-6-20(7-5-18)31-22-9-8-21(26-27-22)29-11-10-17(3)28-29/h4-14H,1-3H3,(H2,24,25,30). The van der Waals surface area contributed by atoms with Crippen LogP contribution in [0, 0.1) is 20.8 Å². The lowest BCUT2D eigenvalue weighted by atomic mass is 10.1. The summed E-state index contributed by atoms with van der Waals surface area (Å²) in [5, 5.41) is 18.1. The van der Waals surface area contributed by atoms with Crippen molar-refractivity contribution in [2.24, 2.45) is 0 Å². The van der Waals surface area contributed by atoms with Gasteiger partial charge in [0.15, 0.2) is 5.82 Å². The van der Waals surface area contributed by atoms with Crippen LogP contribution in [0.1, 0.15) is 16.8 Å². The minimum Gasteiger partial charge on any atom is -0.438 e. The van der Waals surface area contributed by atoms with Crippen molar-refractivity contribution in [3.05, 3.63) is 83.7 Å². The van der Waals surface area contributed by atoms with E-state index < -0.39 is 0 Å². The molecule has 0 aliphatic rings. The number of carbonyl (C=O) groups excluding carboxylic acids is 1. The summed E-state index contributed by atoms with van der Waals surface area (Å²) >= 11 is 0. The first-order valence-electron chi connectivity index (χ1n) is 9.75. The number of carbonyl (C=O) groups is 1. The van der Waals surface area contributed by atoms with Crippen molar-refractivity contribution in [3.8, 4) is 17.4 Å². The van der Waals surface area contributed by atoms with Crippen LogP contribution in [0.4, 0.5) is 16.2 Å². The Kier molecular flexibility index (Phi) is 5.61. The number of amides is 2. The molecule has 2 heterocycles. The molecule has 0 aliphatic carbocycles. The summed E-state index contributed by atoms with van der Waals surface area (Å²) in [6, 6.07) is 18.0. The fourth-order valence-electron chi connectivity index (χ4n) is 3.10. The minimum atomic E-state index is -0.311. The summed E-state index contributed by atoms with van der Waals surface area (Å²) in [6.45, 7) is 5.89. The first-order valence-corrected chi connectivity index (χ1v) is 9.75. The molecule has 0 saturated carbocycles. The number of urea groups is 1. The van der Waals surface area contributed by atoms with Gasteiger partial charge in [0, 0.05) is 23.6 Å². The lowest BCUT2D eigenvalue weighted by molar-refractivity contribution is 0.262. The highest BCUT2D eigenvalue weighted by Gasteiger charge is 2.06. The molecule has 0 spiro atoms. The molecular formula is C23H22N6O2. The van der Waals surface area contributed by atoms with Crippen molar-refractivity contribution in [1.82, 2.24) is 20.0 Å². The molecule has 0 aliphatic heterocycles. The van der Waals surface area contributed by atoms with Crippen LogP contribution in [0.25, 0.3) is 5.82 Å². The predicted octanol–water partition coefficient (Wildman–Crippen LogP) is 5.02. The normalized spacial score (nSPS) is 10.5. The summed E-state index contributed by atoms with van der Waals surface area (Å²) in [5.41, 5.74) is 4.48. The van der Waals surface area contributed by atoms with Crippen molar-refractivity contribution < 1.29 is 9.53 Å². The van der Waals surface area contributed by atoms with E-state index in [4.69, 9.17) is 4.74 Å². The van der Waals surface area contributed by atoms with Gasteiger partial charge in [-0.05, 0) is 80.4 Å². The molecule has 4 rings (SSSR count). The van der Waals surface area contributed by atoms with Gasteiger partial charge in [0.05, 0.1) is 5.69 Å². The Morgan fingerprint density at radius 2 is 1.55 bits per heavy atom. The van der Waals surface area contributed by atoms with Gasteiger partial charge in [-0.25, -0.2) is 9.48 Å². The molecule has 0 fully saturated rings. The number of benzene rings is 2. The maximum atomic E-state index is 12.3. The van der Waals surface area contributed by atoms with Crippen LogP contribution in [-0.2, 0) is 0 Å². The molecule has 31 heavy (non-hydrogen) atoms. The summed E-state index contributed by atoms with van der Waals surface area (Å²) in [5.74, 6) is 1.55. The molecule has 0 radical (unpaired) electrons. The van der Waals surface area contributed by atoms with Gasteiger partial charge in [-0.3, -0.25) is 0 Å². The van der Waals surface area contributed by atoms with Crippen LogP contribution in [0.2, 0.25) is 0 Å². The average Bonchev–Trinajstić information content (AvgIpc) is 3.15. The average molecular weight is 414 g/mol. The van der Waals surface area contributed by atoms with E-state index in [1.807, 2.05) is 45.2 Å². The van der Waals surface area contributed by atoms with Crippen LogP contribution < -0.4 is 15.4 Å². The van der Waals surface area contributed by atoms with E-state index in [1.54, 1.807) is 41.1 Å². The molecule has 0 bridgehead atoms. The van der Waals surface area contributed by atoms with Crippen molar-refractivity contribution in [1.29, 1.82) is 0 Å². The molecule has 2 amide bonds. The van der Waals surface area contributed by atoms with E-state index in [9.17, 15) is 4.79 Å². The van der Waals surface area contributed by atoms with Gasteiger partial charge in [-0.2, -0.15) is 5.10 Å². The van der Waals surface area contributed by atoms with E-state index in [1.165, 1.54) is 0 Å². The van der Waals surface area contributed by atoms with E-state index in [0.717, 1.165) is 22.5 Å². The highest BCUT2D eigenvalue weighted by Crippen LogP contribution is 2.22. The summed E-state index contributed by atoms with van der Waals surface area (Å²) < 4.78 is 7.37.